The fraction of sp³-hybridized carbons (Fsp3) is 0.450. The van der Waals surface area contributed by atoms with Gasteiger partial charge in [0.25, 0.3) is 10.0 Å². The van der Waals surface area contributed by atoms with E-state index in [1.54, 1.807) is 42.5 Å². The van der Waals surface area contributed by atoms with E-state index in [0.29, 0.717) is 41.5 Å². The first-order chi connectivity index (χ1) is 16.8. The minimum absolute atomic E-state index is 0.148. The Morgan fingerprint density at radius 3 is 2.89 bits per heavy atom. The van der Waals surface area contributed by atoms with Crippen LogP contribution >= 0.6 is 23.3 Å². The van der Waals surface area contributed by atoms with Gasteiger partial charge in [0.1, 0.15) is 16.6 Å². The quantitative estimate of drug-likeness (QED) is 0.134. The van der Waals surface area contributed by atoms with Gasteiger partial charge in [-0.25, -0.2) is 18.2 Å². The van der Waals surface area contributed by atoms with Gasteiger partial charge in [-0.2, -0.15) is 4.31 Å². The minimum Gasteiger partial charge on any atom is -0.409 e. The van der Waals surface area contributed by atoms with E-state index >= 15 is 0 Å². The first-order valence-electron chi connectivity index (χ1n) is 10.6. The van der Waals surface area contributed by atoms with E-state index < -0.39 is 16.1 Å². The van der Waals surface area contributed by atoms with E-state index in [4.69, 9.17) is 15.3 Å². The topological polar surface area (TPSA) is 153 Å². The normalized spacial score (nSPS) is 17.1. The van der Waals surface area contributed by atoms with Crippen molar-refractivity contribution in [3.8, 4) is 5.75 Å². The third-order valence-electron chi connectivity index (χ3n) is 5.22. The highest BCUT2D eigenvalue weighted by Crippen LogP contribution is 2.42. The minimum atomic E-state index is -3.71. The van der Waals surface area contributed by atoms with Crippen LogP contribution in [0, 0.1) is 4.91 Å². The van der Waals surface area contributed by atoms with Crippen LogP contribution < -0.4 is 15.3 Å². The number of rotatable bonds is 12. The van der Waals surface area contributed by atoms with Crippen LogP contribution in [0.1, 0.15) is 30.5 Å². The van der Waals surface area contributed by atoms with Crippen molar-refractivity contribution < 1.29 is 27.5 Å². The number of carbonyl (C=O) groups is 1. The van der Waals surface area contributed by atoms with Crippen LogP contribution in [0.2, 0.25) is 0 Å². The lowest BCUT2D eigenvalue weighted by Gasteiger charge is -2.36. The fourth-order valence-electron chi connectivity index (χ4n) is 3.49. The number of thiophene rings is 1. The molecule has 2 heterocycles. The Bertz CT molecular complexity index is 1130. The lowest BCUT2D eigenvalue weighted by Crippen LogP contribution is -2.47. The zero-order chi connectivity index (χ0) is 25.4. The number of nitrogens with two attached hydrogens (primary N) is 1. The number of amides is 1. The summed E-state index contributed by atoms with van der Waals surface area (Å²) in [6.07, 6.45) is -0.216. The average Bonchev–Trinajstić information content (AvgIpc) is 3.29. The summed E-state index contributed by atoms with van der Waals surface area (Å²) in [5.74, 6) is 6.40. The molecule has 2 aromatic rings. The molecule has 192 valence electrons. The second-order valence-corrected chi connectivity index (χ2v) is 11.7. The molecule has 12 nitrogen and oxygen atoms in total. The third kappa shape index (κ3) is 6.69. The molecular weight excluding hydrogens is 518 g/mol. The second-order valence-electron chi connectivity index (χ2n) is 7.41. The number of carbonyl (C=O) groups excluding carboxylic acids is 1. The Kier molecular flexibility index (Phi) is 9.85. The molecule has 0 saturated carbocycles. The largest absolute Gasteiger partial charge is 0.422 e. The zero-order valence-electron chi connectivity index (χ0n) is 19.2. The summed E-state index contributed by atoms with van der Waals surface area (Å²) in [6.45, 7) is 3.27. The van der Waals surface area contributed by atoms with E-state index in [1.807, 2.05) is 6.92 Å². The Morgan fingerprint density at radius 1 is 1.40 bits per heavy atom. The van der Waals surface area contributed by atoms with Crippen molar-refractivity contribution in [3.63, 3.8) is 0 Å². The first kappa shape index (κ1) is 27.3. The highest BCUT2D eigenvalue weighted by atomic mass is 32.3. The number of sulfonamides is 1. The maximum absolute atomic E-state index is 13.2. The number of nitrogens with one attached hydrogen (secondary N) is 1. The maximum atomic E-state index is 13.2. The average molecular weight is 546 g/mol. The van der Waals surface area contributed by atoms with E-state index in [2.05, 4.69) is 14.9 Å². The zero-order valence-corrected chi connectivity index (χ0v) is 21.7. The number of nitrogens with zero attached hydrogens (tertiary/aromatic N) is 3. The molecule has 0 spiro atoms. The number of para-hydroxylation sites is 1. The Labute approximate surface area is 211 Å². The highest BCUT2D eigenvalue weighted by molar-refractivity contribution is 8.00. The number of hydrogen-bond acceptors (Lipinski definition) is 12. The summed E-state index contributed by atoms with van der Waals surface area (Å²) in [7, 11) is -2.14. The van der Waals surface area contributed by atoms with Crippen molar-refractivity contribution in [1.29, 1.82) is 0 Å². The molecule has 1 aromatic carbocycles. The summed E-state index contributed by atoms with van der Waals surface area (Å²) in [5.41, 5.74) is 1.06. The molecule has 0 radical (unpaired) electrons. The van der Waals surface area contributed by atoms with E-state index in [1.165, 1.54) is 4.31 Å². The van der Waals surface area contributed by atoms with Gasteiger partial charge in [0.15, 0.2) is 5.34 Å². The van der Waals surface area contributed by atoms with Gasteiger partial charge >= 0.3 is 6.09 Å². The smallest absolute Gasteiger partial charge is 0.409 e. The molecule has 1 aliphatic rings. The SMILES string of the molecule is CCN(N)C1CN(CCCOC)S(=O)(=O)c2sc(SNC(=O)Oc3ccccc3CON=O)cc21. The highest BCUT2D eigenvalue weighted by Gasteiger charge is 2.40. The van der Waals surface area contributed by atoms with Gasteiger partial charge in [0, 0.05) is 56.4 Å². The number of ether oxygens (including phenoxy) is 2. The molecule has 1 unspecified atom stereocenters. The summed E-state index contributed by atoms with van der Waals surface area (Å²) in [6, 6.07) is 7.95. The molecule has 15 heteroatoms. The van der Waals surface area contributed by atoms with Crippen LogP contribution in [0.4, 0.5) is 4.79 Å². The van der Waals surface area contributed by atoms with E-state index in [-0.39, 0.29) is 29.2 Å². The number of fused-ring (bicyclic) bond motifs is 1. The molecule has 35 heavy (non-hydrogen) atoms. The molecule has 1 aliphatic heterocycles. The van der Waals surface area contributed by atoms with Crippen LogP contribution in [0.15, 0.2) is 44.1 Å². The molecule has 0 bridgehead atoms. The molecular formula is C20H27N5O7S3. The van der Waals surface area contributed by atoms with Crippen LogP contribution in [-0.4, -0.2) is 57.2 Å². The summed E-state index contributed by atoms with van der Waals surface area (Å²) >= 11 is 2.00. The Balaban J connectivity index is 1.74. The molecule has 1 atom stereocenters. The van der Waals surface area contributed by atoms with Crippen molar-refractivity contribution in [2.24, 2.45) is 11.2 Å². The number of hydrogen-bond donors (Lipinski definition) is 2. The Hall–Kier alpha value is -2.27. The first-order valence-corrected chi connectivity index (χ1v) is 13.7. The fourth-order valence-corrected chi connectivity index (χ4v) is 7.72. The summed E-state index contributed by atoms with van der Waals surface area (Å²) in [4.78, 5) is 27.1. The van der Waals surface area contributed by atoms with E-state index in [9.17, 15) is 18.1 Å². The molecule has 3 rings (SSSR count). The number of benzene rings is 1. The van der Waals surface area contributed by atoms with Gasteiger partial charge in [0.2, 0.25) is 0 Å². The van der Waals surface area contributed by atoms with Crippen LogP contribution in [0.3, 0.4) is 0 Å². The Morgan fingerprint density at radius 2 is 2.17 bits per heavy atom. The monoisotopic (exact) mass is 545 g/mol. The van der Waals surface area contributed by atoms with E-state index in [0.717, 1.165) is 23.3 Å². The molecule has 0 saturated heterocycles. The molecule has 3 N–H and O–H groups in total. The second kappa shape index (κ2) is 12.6. The number of methoxy groups -OCH3 is 1. The van der Waals surface area contributed by atoms with Gasteiger partial charge in [-0.3, -0.25) is 10.6 Å². The molecule has 0 aliphatic carbocycles. The van der Waals surface area contributed by atoms with Crippen molar-refractivity contribution in [2.75, 3.05) is 33.4 Å². The lowest BCUT2D eigenvalue weighted by molar-refractivity contribution is 0.123. The lowest BCUT2D eigenvalue weighted by atomic mass is 10.1. The van der Waals surface area contributed by atoms with Crippen molar-refractivity contribution >= 4 is 39.4 Å². The van der Waals surface area contributed by atoms with Gasteiger partial charge in [0.05, 0.1) is 10.3 Å². The summed E-state index contributed by atoms with van der Waals surface area (Å²) < 4.78 is 41.6. The van der Waals surface area contributed by atoms with Gasteiger partial charge < -0.3 is 14.3 Å². The third-order valence-corrected chi connectivity index (χ3v) is 9.64. The van der Waals surface area contributed by atoms with Crippen LogP contribution in [0.25, 0.3) is 0 Å². The van der Waals surface area contributed by atoms with Gasteiger partial charge in [-0.05, 0) is 18.6 Å². The molecule has 0 fully saturated rings. The number of likely N-dealkylation sites (N-methyl/N-ethyl adjacent to an activating group) is 1. The van der Waals surface area contributed by atoms with Crippen molar-refractivity contribution in [2.45, 2.75) is 34.4 Å². The predicted octanol–water partition coefficient (Wildman–Crippen LogP) is 3.02. The molecule has 1 aromatic heterocycles. The predicted molar refractivity (Wildman–Crippen MR) is 131 cm³/mol. The maximum Gasteiger partial charge on any atom is 0.422 e. The van der Waals surface area contributed by atoms with Crippen LogP contribution in [-0.2, 0) is 26.2 Å². The van der Waals surface area contributed by atoms with Crippen molar-refractivity contribution in [3.05, 3.63) is 46.4 Å². The van der Waals surface area contributed by atoms with Crippen molar-refractivity contribution in [1.82, 2.24) is 14.0 Å². The number of hydrazine groups is 1. The van der Waals surface area contributed by atoms with Gasteiger partial charge in [-0.15, -0.1) is 16.2 Å². The standard InChI is InChI=1S/C20H27N5O7S3/c1-3-25(21)16-12-24(9-6-10-30-2)35(28,29)19-15(16)11-18(33-19)34-22-20(26)32-17-8-5-4-7-14(17)13-31-23-27/h4-5,7-8,11,16H,3,6,9-10,12-13,21H2,1-2H3,(H,22,26). The molecule has 1 amide bonds. The summed E-state index contributed by atoms with van der Waals surface area (Å²) in [5, 5.41) is 3.95. The van der Waals surface area contributed by atoms with Gasteiger partial charge in [-0.1, -0.05) is 25.1 Å². The van der Waals surface area contributed by atoms with Crippen LogP contribution in [0.5, 0.6) is 5.75 Å².